The summed E-state index contributed by atoms with van der Waals surface area (Å²) in [7, 11) is 0. The average Bonchev–Trinajstić information content (AvgIpc) is 3.30. The molecule has 1 saturated carbocycles. The van der Waals surface area contributed by atoms with Crippen LogP contribution in [0.4, 0.5) is 0 Å². The van der Waals surface area contributed by atoms with Crippen molar-refractivity contribution in [1.29, 1.82) is 0 Å². The van der Waals surface area contributed by atoms with Crippen LogP contribution in [0, 0.1) is 0 Å². The topological polar surface area (TPSA) is 69.6 Å². The molecule has 4 rings (SSSR count). The van der Waals surface area contributed by atoms with E-state index in [0.717, 1.165) is 23.6 Å². The van der Waals surface area contributed by atoms with Gasteiger partial charge >= 0.3 is 0 Å². The Balaban J connectivity index is 1.43. The number of hydrogen-bond acceptors (Lipinski definition) is 6. The Labute approximate surface area is 155 Å². The van der Waals surface area contributed by atoms with Crippen molar-refractivity contribution >= 4 is 23.4 Å². The fourth-order valence-electron chi connectivity index (χ4n) is 3.11. The zero-order chi connectivity index (χ0) is 17.1. The predicted molar refractivity (Wildman–Crippen MR) is 96.4 cm³/mol. The van der Waals surface area contributed by atoms with E-state index in [9.17, 15) is 0 Å². The smallest absolute Gasteiger partial charge is 0.210 e. The van der Waals surface area contributed by atoms with Crippen LogP contribution in [0.25, 0.3) is 11.3 Å². The predicted octanol–water partition coefficient (Wildman–Crippen LogP) is 4.78. The molecule has 1 aromatic carbocycles. The van der Waals surface area contributed by atoms with Crippen LogP contribution in [0.2, 0.25) is 5.02 Å². The minimum Gasteiger partial charge on any atom is -0.440 e. The van der Waals surface area contributed by atoms with Gasteiger partial charge in [-0.1, -0.05) is 54.8 Å². The number of rotatable bonds is 5. The van der Waals surface area contributed by atoms with E-state index >= 15 is 0 Å². The highest BCUT2D eigenvalue weighted by Crippen LogP contribution is 2.31. The Morgan fingerprint density at radius 3 is 2.96 bits per heavy atom. The summed E-state index contributed by atoms with van der Waals surface area (Å²) in [5.41, 5.74) is 0.920. The van der Waals surface area contributed by atoms with Gasteiger partial charge < -0.3 is 4.42 Å². The maximum absolute atomic E-state index is 6.03. The van der Waals surface area contributed by atoms with Gasteiger partial charge in [0.25, 0.3) is 0 Å². The summed E-state index contributed by atoms with van der Waals surface area (Å²) in [5.74, 6) is 1.95. The molecular formula is C17H18ClN5OS. The lowest BCUT2D eigenvalue weighted by atomic mass is 9.96. The van der Waals surface area contributed by atoms with E-state index in [4.69, 9.17) is 16.0 Å². The Kier molecular flexibility index (Phi) is 5.03. The average molecular weight is 376 g/mol. The fraction of sp³-hybridized carbons (Fsp3) is 0.412. The first-order chi connectivity index (χ1) is 12.3. The molecule has 130 valence electrons. The van der Waals surface area contributed by atoms with Crippen molar-refractivity contribution < 1.29 is 4.42 Å². The maximum atomic E-state index is 6.03. The summed E-state index contributed by atoms with van der Waals surface area (Å²) >= 11 is 7.59. The molecule has 3 aromatic rings. The quantitative estimate of drug-likeness (QED) is 0.598. The number of benzene rings is 1. The van der Waals surface area contributed by atoms with E-state index in [1.54, 1.807) is 18.0 Å². The zero-order valence-electron chi connectivity index (χ0n) is 13.6. The standard InChI is InChI=1S/C17H18ClN5OS/c18-13-6-4-5-12(9-13)15-10-19-16(24-15)11-25-17-20-21-22-23(17)14-7-2-1-3-8-14/h4-6,9-10,14H,1-3,7-8,11H2. The van der Waals surface area contributed by atoms with Crippen LogP contribution < -0.4 is 0 Å². The monoisotopic (exact) mass is 375 g/mol. The first-order valence-corrected chi connectivity index (χ1v) is 9.77. The van der Waals surface area contributed by atoms with Crippen molar-refractivity contribution in [2.45, 2.75) is 49.1 Å². The molecule has 0 atom stereocenters. The van der Waals surface area contributed by atoms with Crippen LogP contribution in [0.1, 0.15) is 44.0 Å². The molecule has 0 spiro atoms. The number of aromatic nitrogens is 5. The second-order valence-electron chi connectivity index (χ2n) is 6.12. The largest absolute Gasteiger partial charge is 0.440 e. The minimum absolute atomic E-state index is 0.415. The number of hydrogen-bond donors (Lipinski definition) is 0. The fourth-order valence-corrected chi connectivity index (χ4v) is 4.10. The Hall–Kier alpha value is -1.86. The van der Waals surface area contributed by atoms with Gasteiger partial charge in [-0.05, 0) is 35.4 Å². The molecule has 0 unspecified atom stereocenters. The normalized spacial score (nSPS) is 15.6. The summed E-state index contributed by atoms with van der Waals surface area (Å²) in [5, 5.41) is 13.7. The van der Waals surface area contributed by atoms with Gasteiger partial charge in [-0.25, -0.2) is 9.67 Å². The molecule has 0 aliphatic heterocycles. The van der Waals surface area contributed by atoms with Crippen molar-refractivity contribution in [3.63, 3.8) is 0 Å². The van der Waals surface area contributed by atoms with Gasteiger partial charge in [-0.3, -0.25) is 0 Å². The molecule has 0 bridgehead atoms. The van der Waals surface area contributed by atoms with E-state index < -0.39 is 0 Å². The van der Waals surface area contributed by atoms with Crippen molar-refractivity contribution in [2.24, 2.45) is 0 Å². The molecule has 2 heterocycles. The zero-order valence-corrected chi connectivity index (χ0v) is 15.2. The van der Waals surface area contributed by atoms with Gasteiger partial charge in [0.2, 0.25) is 11.0 Å². The molecule has 2 aromatic heterocycles. The van der Waals surface area contributed by atoms with Crippen molar-refractivity contribution in [3.8, 4) is 11.3 Å². The van der Waals surface area contributed by atoms with E-state index in [-0.39, 0.29) is 0 Å². The third kappa shape index (κ3) is 3.88. The van der Waals surface area contributed by atoms with Crippen LogP contribution >= 0.6 is 23.4 Å². The van der Waals surface area contributed by atoms with Crippen LogP contribution in [0.15, 0.2) is 40.0 Å². The molecule has 1 aliphatic rings. The van der Waals surface area contributed by atoms with Gasteiger partial charge in [0, 0.05) is 10.6 Å². The molecule has 0 saturated heterocycles. The number of halogens is 1. The van der Waals surface area contributed by atoms with Crippen LogP contribution in [0.3, 0.4) is 0 Å². The molecule has 8 heteroatoms. The Morgan fingerprint density at radius 1 is 1.24 bits per heavy atom. The molecule has 0 N–H and O–H groups in total. The van der Waals surface area contributed by atoms with Crippen LogP contribution in [-0.4, -0.2) is 25.2 Å². The lowest BCUT2D eigenvalue weighted by molar-refractivity contribution is 0.307. The van der Waals surface area contributed by atoms with Crippen molar-refractivity contribution in [3.05, 3.63) is 41.4 Å². The van der Waals surface area contributed by atoms with Gasteiger partial charge in [0.1, 0.15) is 0 Å². The number of oxazole rings is 1. The van der Waals surface area contributed by atoms with Gasteiger partial charge in [0.05, 0.1) is 18.0 Å². The second kappa shape index (κ2) is 7.58. The SMILES string of the molecule is Clc1cccc(-c2cnc(CSc3nnnn3C3CCCCC3)o2)c1. The number of tetrazole rings is 1. The highest BCUT2D eigenvalue weighted by Gasteiger charge is 2.20. The van der Waals surface area contributed by atoms with Gasteiger partial charge in [0.15, 0.2) is 5.76 Å². The lowest BCUT2D eigenvalue weighted by Crippen LogP contribution is -2.15. The molecule has 1 aliphatic carbocycles. The van der Waals surface area contributed by atoms with E-state index in [1.165, 1.54) is 19.3 Å². The summed E-state index contributed by atoms with van der Waals surface area (Å²) in [4.78, 5) is 4.36. The Bertz CT molecular complexity index is 843. The Morgan fingerprint density at radius 2 is 2.12 bits per heavy atom. The van der Waals surface area contributed by atoms with Crippen LogP contribution in [0.5, 0.6) is 0 Å². The van der Waals surface area contributed by atoms with E-state index in [1.807, 2.05) is 28.9 Å². The summed E-state index contributed by atoms with van der Waals surface area (Å²) in [6.45, 7) is 0. The van der Waals surface area contributed by atoms with Crippen molar-refractivity contribution in [1.82, 2.24) is 25.2 Å². The third-order valence-electron chi connectivity index (χ3n) is 4.37. The van der Waals surface area contributed by atoms with E-state index in [0.29, 0.717) is 28.5 Å². The second-order valence-corrected chi connectivity index (χ2v) is 7.49. The molecule has 1 fully saturated rings. The molecule has 6 nitrogen and oxygen atoms in total. The summed E-state index contributed by atoms with van der Waals surface area (Å²) < 4.78 is 7.80. The van der Waals surface area contributed by atoms with E-state index in [2.05, 4.69) is 20.5 Å². The molecule has 0 amide bonds. The first-order valence-electron chi connectivity index (χ1n) is 8.41. The molecule has 25 heavy (non-hydrogen) atoms. The summed E-state index contributed by atoms with van der Waals surface area (Å²) in [6.07, 6.45) is 7.83. The van der Waals surface area contributed by atoms with Crippen LogP contribution in [-0.2, 0) is 5.75 Å². The summed E-state index contributed by atoms with van der Waals surface area (Å²) in [6, 6.07) is 7.96. The minimum atomic E-state index is 0.415. The molecule has 0 radical (unpaired) electrons. The highest BCUT2D eigenvalue weighted by molar-refractivity contribution is 7.98. The first kappa shape index (κ1) is 16.6. The number of nitrogens with zero attached hydrogens (tertiary/aromatic N) is 5. The highest BCUT2D eigenvalue weighted by atomic mass is 35.5. The van der Waals surface area contributed by atoms with Crippen molar-refractivity contribution in [2.75, 3.05) is 0 Å². The van der Waals surface area contributed by atoms with Gasteiger partial charge in [-0.2, -0.15) is 0 Å². The maximum Gasteiger partial charge on any atom is 0.210 e. The third-order valence-corrected chi connectivity index (χ3v) is 5.52. The molecular weight excluding hydrogens is 358 g/mol. The number of thioether (sulfide) groups is 1. The lowest BCUT2D eigenvalue weighted by Gasteiger charge is -2.21. The van der Waals surface area contributed by atoms with Gasteiger partial charge in [-0.15, -0.1) is 5.10 Å².